The lowest BCUT2D eigenvalue weighted by molar-refractivity contribution is -0.124. The van der Waals surface area contributed by atoms with Gasteiger partial charge in [-0.15, -0.1) is 11.3 Å². The van der Waals surface area contributed by atoms with Crippen LogP contribution in [-0.4, -0.2) is 34.6 Å². The van der Waals surface area contributed by atoms with Crippen LogP contribution in [0.4, 0.5) is 5.69 Å². The molecule has 7 heteroatoms. The van der Waals surface area contributed by atoms with Crippen molar-refractivity contribution in [3.05, 3.63) is 40.2 Å². The molecular weight excluding hydrogens is 460 g/mol. The van der Waals surface area contributed by atoms with Crippen LogP contribution in [-0.2, 0) is 4.79 Å². The van der Waals surface area contributed by atoms with Gasteiger partial charge in [-0.25, -0.2) is 9.78 Å². The van der Waals surface area contributed by atoms with E-state index in [0.717, 1.165) is 37.0 Å². The standard InChI is InChI=1S/C28H36N2O4S/c1-19-9-11-21(12-10-19)26(31)30(20(2)14-17-34-24-8-6-7-16-29-24)23-18-22(13-15-28(3,4)5)35-25(23)27(32)33/h6-8,16,18-21H,9-12,14,17H2,1-5H3,(H,32,33)/t19-,20?,21-. The van der Waals surface area contributed by atoms with Gasteiger partial charge in [0.1, 0.15) is 4.88 Å². The van der Waals surface area contributed by atoms with Gasteiger partial charge in [-0.2, -0.15) is 0 Å². The number of carboxylic acids is 1. The van der Waals surface area contributed by atoms with Crippen molar-refractivity contribution in [2.45, 2.75) is 72.8 Å². The van der Waals surface area contributed by atoms with Crippen molar-refractivity contribution in [2.75, 3.05) is 11.5 Å². The van der Waals surface area contributed by atoms with E-state index in [1.54, 1.807) is 23.2 Å². The number of hydrogen-bond donors (Lipinski definition) is 1. The Morgan fingerprint density at radius 1 is 1.26 bits per heavy atom. The number of aromatic carboxylic acids is 1. The summed E-state index contributed by atoms with van der Waals surface area (Å²) in [5, 5.41) is 9.98. The molecule has 1 atom stereocenters. The molecule has 2 heterocycles. The summed E-state index contributed by atoms with van der Waals surface area (Å²) in [5.74, 6) is 6.29. The zero-order valence-corrected chi connectivity index (χ0v) is 22.2. The van der Waals surface area contributed by atoms with E-state index in [9.17, 15) is 14.7 Å². The van der Waals surface area contributed by atoms with Crippen molar-refractivity contribution in [3.63, 3.8) is 0 Å². The molecular formula is C28H36N2O4S. The van der Waals surface area contributed by atoms with Gasteiger partial charge in [-0.3, -0.25) is 4.79 Å². The van der Waals surface area contributed by atoms with E-state index in [1.807, 2.05) is 39.8 Å². The van der Waals surface area contributed by atoms with E-state index in [4.69, 9.17) is 4.74 Å². The first-order valence-corrected chi connectivity index (χ1v) is 13.1. The summed E-state index contributed by atoms with van der Waals surface area (Å²) in [7, 11) is 0. The first-order chi connectivity index (χ1) is 16.5. The Bertz CT molecular complexity index is 1070. The normalized spacial score (nSPS) is 18.8. The molecule has 1 unspecified atom stereocenters. The molecule has 1 aliphatic carbocycles. The second-order valence-electron chi connectivity index (χ2n) is 10.4. The molecule has 0 saturated heterocycles. The zero-order chi connectivity index (χ0) is 25.6. The third-order valence-electron chi connectivity index (χ3n) is 6.19. The molecule has 2 aromatic rings. The molecule has 1 N–H and O–H groups in total. The molecule has 1 aliphatic rings. The lowest BCUT2D eigenvalue weighted by atomic mass is 9.82. The van der Waals surface area contributed by atoms with Gasteiger partial charge >= 0.3 is 5.97 Å². The van der Waals surface area contributed by atoms with Crippen LogP contribution in [0.5, 0.6) is 5.88 Å². The van der Waals surface area contributed by atoms with Gasteiger partial charge in [0, 0.05) is 36.1 Å². The maximum atomic E-state index is 13.8. The molecule has 0 spiro atoms. The number of amides is 1. The highest BCUT2D eigenvalue weighted by molar-refractivity contribution is 7.15. The number of carbonyl (C=O) groups is 2. The minimum absolute atomic E-state index is 0.00198. The number of thiophene rings is 1. The number of carbonyl (C=O) groups excluding carboxylic acids is 1. The molecule has 0 aliphatic heterocycles. The van der Waals surface area contributed by atoms with Gasteiger partial charge in [0.25, 0.3) is 0 Å². The quantitative estimate of drug-likeness (QED) is 0.437. The lowest BCUT2D eigenvalue weighted by Crippen LogP contribution is -2.44. The van der Waals surface area contributed by atoms with E-state index >= 15 is 0 Å². The highest BCUT2D eigenvalue weighted by Crippen LogP contribution is 2.36. The SMILES string of the molecule is CC(CCOc1ccccn1)N(c1cc(C#CC(C)(C)C)sc1C(=O)O)C(=O)[C@H]1CC[C@H](C)CC1. The van der Waals surface area contributed by atoms with Crippen LogP contribution in [0, 0.1) is 29.1 Å². The van der Waals surface area contributed by atoms with Crippen LogP contribution in [0.1, 0.15) is 81.3 Å². The van der Waals surface area contributed by atoms with Crippen molar-refractivity contribution in [2.24, 2.45) is 17.3 Å². The number of pyridine rings is 1. The van der Waals surface area contributed by atoms with Gasteiger partial charge in [-0.05, 0) is 71.4 Å². The van der Waals surface area contributed by atoms with Gasteiger partial charge in [0.05, 0.1) is 17.2 Å². The van der Waals surface area contributed by atoms with Gasteiger partial charge in [0.2, 0.25) is 11.8 Å². The van der Waals surface area contributed by atoms with Gasteiger partial charge in [-0.1, -0.05) is 24.8 Å². The molecule has 35 heavy (non-hydrogen) atoms. The van der Waals surface area contributed by atoms with Crippen molar-refractivity contribution in [1.29, 1.82) is 0 Å². The second kappa shape index (κ2) is 11.7. The third kappa shape index (κ3) is 7.57. The molecule has 6 nitrogen and oxygen atoms in total. The summed E-state index contributed by atoms with van der Waals surface area (Å²) >= 11 is 1.13. The van der Waals surface area contributed by atoms with Crippen LogP contribution >= 0.6 is 11.3 Å². The summed E-state index contributed by atoms with van der Waals surface area (Å²) in [5.41, 5.74) is 0.229. The zero-order valence-electron chi connectivity index (χ0n) is 21.3. The molecule has 1 amide bonds. The third-order valence-corrected chi connectivity index (χ3v) is 7.22. The molecule has 2 aromatic heterocycles. The van der Waals surface area contributed by atoms with Crippen molar-refractivity contribution in [3.8, 4) is 17.7 Å². The average molecular weight is 497 g/mol. The number of aromatic nitrogens is 1. The largest absolute Gasteiger partial charge is 0.478 e. The summed E-state index contributed by atoms with van der Waals surface area (Å²) in [4.78, 5) is 32.7. The van der Waals surface area contributed by atoms with Crippen LogP contribution in [0.2, 0.25) is 0 Å². The Balaban J connectivity index is 1.90. The van der Waals surface area contributed by atoms with E-state index in [-0.39, 0.29) is 28.2 Å². The summed E-state index contributed by atoms with van der Waals surface area (Å²) in [6, 6.07) is 6.99. The minimum atomic E-state index is -1.04. The van der Waals surface area contributed by atoms with Crippen molar-refractivity contribution >= 4 is 28.9 Å². The van der Waals surface area contributed by atoms with Crippen molar-refractivity contribution in [1.82, 2.24) is 4.98 Å². The Labute approximate surface area is 212 Å². The second-order valence-corrected chi connectivity index (χ2v) is 11.5. The summed E-state index contributed by atoms with van der Waals surface area (Å²) in [6.45, 7) is 10.6. The Hall–Kier alpha value is -2.85. The number of ether oxygens (including phenoxy) is 1. The Morgan fingerprint density at radius 3 is 2.57 bits per heavy atom. The molecule has 0 bridgehead atoms. The summed E-state index contributed by atoms with van der Waals surface area (Å²) < 4.78 is 5.78. The number of rotatable bonds is 8. The number of anilines is 1. The first-order valence-electron chi connectivity index (χ1n) is 12.3. The highest BCUT2D eigenvalue weighted by Gasteiger charge is 2.34. The van der Waals surface area contributed by atoms with Gasteiger partial charge < -0.3 is 14.7 Å². The van der Waals surface area contributed by atoms with E-state index < -0.39 is 5.97 Å². The lowest BCUT2D eigenvalue weighted by Gasteiger charge is -2.34. The molecule has 0 aromatic carbocycles. The Morgan fingerprint density at radius 2 is 1.97 bits per heavy atom. The van der Waals surface area contributed by atoms with E-state index in [2.05, 4.69) is 23.7 Å². The smallest absolute Gasteiger partial charge is 0.348 e. The molecule has 3 rings (SSSR count). The molecule has 0 radical (unpaired) electrons. The fourth-order valence-corrected chi connectivity index (χ4v) is 5.04. The van der Waals surface area contributed by atoms with Gasteiger partial charge in [0.15, 0.2) is 0 Å². The van der Waals surface area contributed by atoms with Crippen LogP contribution < -0.4 is 9.64 Å². The van der Waals surface area contributed by atoms with Crippen LogP contribution in [0.3, 0.4) is 0 Å². The Kier molecular flexibility index (Phi) is 8.96. The number of hydrogen-bond acceptors (Lipinski definition) is 5. The highest BCUT2D eigenvalue weighted by atomic mass is 32.1. The average Bonchev–Trinajstić information content (AvgIpc) is 3.23. The predicted molar refractivity (Wildman–Crippen MR) is 140 cm³/mol. The summed E-state index contributed by atoms with van der Waals surface area (Å²) in [6.07, 6.45) is 5.90. The predicted octanol–water partition coefficient (Wildman–Crippen LogP) is 6.26. The fraction of sp³-hybridized carbons (Fsp3) is 0.536. The van der Waals surface area contributed by atoms with Crippen molar-refractivity contribution < 1.29 is 19.4 Å². The molecule has 1 saturated carbocycles. The van der Waals surface area contributed by atoms with Crippen LogP contribution in [0.25, 0.3) is 0 Å². The monoisotopic (exact) mass is 496 g/mol. The minimum Gasteiger partial charge on any atom is -0.478 e. The topological polar surface area (TPSA) is 79.7 Å². The number of carboxylic acid groups (broad SMARTS) is 1. The van der Waals surface area contributed by atoms with Crippen LogP contribution in [0.15, 0.2) is 30.5 Å². The number of nitrogens with zero attached hydrogens (tertiary/aromatic N) is 2. The maximum absolute atomic E-state index is 13.8. The molecule has 188 valence electrons. The first kappa shape index (κ1) is 26.7. The van der Waals surface area contributed by atoms with E-state index in [1.165, 1.54) is 0 Å². The molecule has 1 fully saturated rings. The van der Waals surface area contributed by atoms with E-state index in [0.29, 0.717) is 35.4 Å². The maximum Gasteiger partial charge on any atom is 0.348 e. The fourth-order valence-electron chi connectivity index (χ4n) is 4.20.